The van der Waals surface area contributed by atoms with Crippen LogP contribution in [0.5, 0.6) is 5.75 Å². The quantitative estimate of drug-likeness (QED) is 0.277. The molecular formula is C9H11N3O2. The predicted molar refractivity (Wildman–Crippen MR) is 54.4 cm³/mol. The summed E-state index contributed by atoms with van der Waals surface area (Å²) in [6, 6.07) is 4.99. The zero-order valence-electron chi connectivity index (χ0n) is 7.49. The van der Waals surface area contributed by atoms with Crippen molar-refractivity contribution < 1.29 is 9.53 Å². The molecule has 5 heteroatoms. The van der Waals surface area contributed by atoms with E-state index in [2.05, 4.69) is 5.43 Å². The molecule has 0 unspecified atom stereocenters. The third-order valence-corrected chi connectivity index (χ3v) is 1.56. The molecule has 1 aromatic carbocycles. The molecule has 0 spiro atoms. The molecule has 1 aromatic rings. The number of rotatable bonds is 4. The number of benzene rings is 1. The lowest BCUT2D eigenvalue weighted by molar-refractivity contribution is 0.365. The summed E-state index contributed by atoms with van der Waals surface area (Å²) in [6.07, 6.45) is 1.23. The Bertz CT molecular complexity index is 359. The average Bonchev–Trinajstić information content (AvgIpc) is 2.20. The van der Waals surface area contributed by atoms with Gasteiger partial charge in [0, 0.05) is 11.8 Å². The van der Waals surface area contributed by atoms with Crippen LogP contribution in [0.25, 0.3) is 0 Å². The summed E-state index contributed by atoms with van der Waals surface area (Å²) in [5.74, 6) is 7.40. The summed E-state index contributed by atoms with van der Waals surface area (Å²) in [5.41, 5.74) is 9.14. The second-order valence-electron chi connectivity index (χ2n) is 2.53. The maximum absolute atomic E-state index is 9.88. The Morgan fingerprint density at radius 1 is 1.57 bits per heavy atom. The molecule has 0 aliphatic carbocycles. The summed E-state index contributed by atoms with van der Waals surface area (Å²) >= 11 is 0. The van der Waals surface area contributed by atoms with Crippen molar-refractivity contribution in [2.24, 2.45) is 5.84 Å². The SMILES string of the molecule is NNc1cc(N)ccc1OCC=C=O. The van der Waals surface area contributed by atoms with Crippen LogP contribution in [0.3, 0.4) is 0 Å². The molecule has 0 aliphatic rings. The molecule has 0 atom stereocenters. The van der Waals surface area contributed by atoms with Gasteiger partial charge in [0.2, 0.25) is 0 Å². The van der Waals surface area contributed by atoms with E-state index < -0.39 is 0 Å². The largest absolute Gasteiger partial charge is 0.487 e. The molecule has 5 nitrogen and oxygen atoms in total. The highest BCUT2D eigenvalue weighted by atomic mass is 16.5. The number of carbonyl (C=O) groups excluding carboxylic acids is 1. The van der Waals surface area contributed by atoms with Gasteiger partial charge in [-0.15, -0.1) is 0 Å². The Morgan fingerprint density at radius 2 is 2.36 bits per heavy atom. The lowest BCUT2D eigenvalue weighted by atomic mass is 10.2. The number of hydrogen-bond donors (Lipinski definition) is 3. The van der Waals surface area contributed by atoms with Gasteiger partial charge in [0.1, 0.15) is 18.3 Å². The van der Waals surface area contributed by atoms with E-state index in [0.29, 0.717) is 17.1 Å². The highest BCUT2D eigenvalue weighted by Crippen LogP contribution is 2.25. The first-order valence-electron chi connectivity index (χ1n) is 3.96. The van der Waals surface area contributed by atoms with Crippen LogP contribution in [-0.4, -0.2) is 12.5 Å². The second-order valence-corrected chi connectivity index (χ2v) is 2.53. The molecule has 0 heterocycles. The number of nitrogens with one attached hydrogen (secondary N) is 1. The fourth-order valence-electron chi connectivity index (χ4n) is 0.952. The van der Waals surface area contributed by atoms with Crippen molar-refractivity contribution >= 4 is 17.3 Å². The van der Waals surface area contributed by atoms with Crippen molar-refractivity contribution in [1.29, 1.82) is 0 Å². The first kappa shape index (κ1) is 10.1. The molecule has 0 saturated carbocycles. The van der Waals surface area contributed by atoms with Crippen LogP contribution >= 0.6 is 0 Å². The topological polar surface area (TPSA) is 90.4 Å². The zero-order chi connectivity index (χ0) is 10.4. The van der Waals surface area contributed by atoms with Crippen molar-refractivity contribution in [1.82, 2.24) is 0 Å². The summed E-state index contributed by atoms with van der Waals surface area (Å²) in [5, 5.41) is 0. The van der Waals surface area contributed by atoms with E-state index in [-0.39, 0.29) is 6.61 Å². The Labute approximate surface area is 81.3 Å². The number of nitrogens with two attached hydrogens (primary N) is 2. The van der Waals surface area contributed by atoms with Gasteiger partial charge in [-0.1, -0.05) is 0 Å². The van der Waals surface area contributed by atoms with E-state index in [1.54, 1.807) is 24.1 Å². The van der Waals surface area contributed by atoms with E-state index in [4.69, 9.17) is 16.3 Å². The third-order valence-electron chi connectivity index (χ3n) is 1.56. The molecule has 74 valence electrons. The van der Waals surface area contributed by atoms with Crippen molar-refractivity contribution in [3.63, 3.8) is 0 Å². The van der Waals surface area contributed by atoms with Crippen molar-refractivity contribution in [2.75, 3.05) is 17.8 Å². The van der Waals surface area contributed by atoms with Gasteiger partial charge in [0.15, 0.2) is 0 Å². The number of anilines is 2. The van der Waals surface area contributed by atoms with Crippen molar-refractivity contribution in [3.8, 4) is 5.75 Å². The minimum absolute atomic E-state index is 0.155. The van der Waals surface area contributed by atoms with Crippen LogP contribution in [-0.2, 0) is 4.79 Å². The number of ether oxygens (including phenoxy) is 1. The molecule has 0 aliphatic heterocycles. The van der Waals surface area contributed by atoms with Crippen LogP contribution in [0.15, 0.2) is 24.3 Å². The van der Waals surface area contributed by atoms with E-state index in [0.717, 1.165) is 0 Å². The predicted octanol–water partition coefficient (Wildman–Crippen LogP) is 0.321. The zero-order valence-corrected chi connectivity index (χ0v) is 7.49. The third kappa shape index (κ3) is 2.52. The van der Waals surface area contributed by atoms with Crippen molar-refractivity contribution in [2.45, 2.75) is 0 Å². The Morgan fingerprint density at radius 3 is 3.00 bits per heavy atom. The number of hydrazine groups is 1. The fourth-order valence-corrected chi connectivity index (χ4v) is 0.952. The van der Waals surface area contributed by atoms with Gasteiger partial charge in [-0.3, -0.25) is 5.84 Å². The lowest BCUT2D eigenvalue weighted by Gasteiger charge is -2.09. The smallest absolute Gasteiger partial charge is 0.144 e. The van der Waals surface area contributed by atoms with Gasteiger partial charge in [0.05, 0.1) is 5.69 Å². The van der Waals surface area contributed by atoms with Crippen LogP contribution in [0, 0.1) is 0 Å². The second kappa shape index (κ2) is 4.91. The molecule has 0 fully saturated rings. The lowest BCUT2D eigenvalue weighted by Crippen LogP contribution is -2.09. The maximum atomic E-state index is 9.88. The standard InChI is InChI=1S/C9H11N3O2/c10-7-2-3-9(8(6-7)12-11)14-5-1-4-13/h1-3,6,12H,5,10-11H2. The van der Waals surface area contributed by atoms with Gasteiger partial charge in [-0.25, -0.2) is 4.79 Å². The number of hydrogen-bond acceptors (Lipinski definition) is 5. The summed E-state index contributed by atoms with van der Waals surface area (Å²) in [4.78, 5) is 9.88. The van der Waals surface area contributed by atoms with E-state index in [9.17, 15) is 4.79 Å². The molecule has 1 rings (SSSR count). The Balaban J connectivity index is 2.79. The monoisotopic (exact) mass is 193 g/mol. The summed E-state index contributed by atoms with van der Waals surface area (Å²) in [6.45, 7) is 0.155. The van der Waals surface area contributed by atoms with E-state index >= 15 is 0 Å². The molecule has 0 radical (unpaired) electrons. The normalized spacial score (nSPS) is 8.93. The van der Waals surface area contributed by atoms with Crippen LogP contribution in [0.2, 0.25) is 0 Å². The Kier molecular flexibility index (Phi) is 3.55. The molecular weight excluding hydrogens is 182 g/mol. The van der Waals surface area contributed by atoms with Crippen molar-refractivity contribution in [3.05, 3.63) is 24.3 Å². The first-order valence-corrected chi connectivity index (χ1v) is 3.96. The van der Waals surface area contributed by atoms with E-state index in [1.165, 1.54) is 6.08 Å². The molecule has 5 N–H and O–H groups in total. The maximum Gasteiger partial charge on any atom is 0.144 e. The molecule has 0 aromatic heterocycles. The van der Waals surface area contributed by atoms with Crippen LogP contribution < -0.4 is 21.7 Å². The molecule has 0 amide bonds. The highest BCUT2D eigenvalue weighted by molar-refractivity contribution is 5.62. The van der Waals surface area contributed by atoms with Crippen LogP contribution in [0.4, 0.5) is 11.4 Å². The first-order chi connectivity index (χ1) is 6.77. The van der Waals surface area contributed by atoms with Gasteiger partial charge in [-0.05, 0) is 18.2 Å². The average molecular weight is 193 g/mol. The van der Waals surface area contributed by atoms with Crippen LogP contribution in [0.1, 0.15) is 0 Å². The Hall–Kier alpha value is -1.97. The highest BCUT2D eigenvalue weighted by Gasteiger charge is 2.01. The fraction of sp³-hybridized carbons (Fsp3) is 0.111. The summed E-state index contributed by atoms with van der Waals surface area (Å²) in [7, 11) is 0. The molecule has 0 bridgehead atoms. The molecule has 14 heavy (non-hydrogen) atoms. The number of nitrogen functional groups attached to an aromatic ring is 2. The van der Waals surface area contributed by atoms with Gasteiger partial charge in [0.25, 0.3) is 0 Å². The molecule has 0 saturated heterocycles. The van der Waals surface area contributed by atoms with E-state index in [1.807, 2.05) is 0 Å². The van der Waals surface area contributed by atoms with Gasteiger partial charge >= 0.3 is 0 Å². The summed E-state index contributed by atoms with van der Waals surface area (Å²) < 4.78 is 5.21. The van der Waals surface area contributed by atoms with Gasteiger partial charge in [-0.2, -0.15) is 0 Å². The minimum atomic E-state index is 0.155. The minimum Gasteiger partial charge on any atom is -0.487 e. The van der Waals surface area contributed by atoms with Gasteiger partial charge < -0.3 is 15.9 Å².